The van der Waals surface area contributed by atoms with Crippen molar-refractivity contribution in [3.05, 3.63) is 34.1 Å². The molecule has 0 radical (unpaired) electrons. The van der Waals surface area contributed by atoms with Crippen LogP contribution in [0.2, 0.25) is 0 Å². The minimum absolute atomic E-state index is 0.0109. The fourth-order valence-electron chi connectivity index (χ4n) is 2.60. The van der Waals surface area contributed by atoms with Gasteiger partial charge >= 0.3 is 0 Å². The Morgan fingerprint density at radius 1 is 1.23 bits per heavy atom. The second-order valence-electron chi connectivity index (χ2n) is 5.89. The average molecular weight is 390 g/mol. The van der Waals surface area contributed by atoms with Crippen LogP contribution >= 0.6 is 24.0 Å². The van der Waals surface area contributed by atoms with Gasteiger partial charge in [-0.15, -0.1) is 0 Å². The third-order valence-corrected chi connectivity index (χ3v) is 5.55. The SMILES string of the molecule is CN1C(=O)/C(=C/c2ccc(C=C3C(=O)CC(C(N)=O)CC3=O)o2)SC1=S. The Balaban J connectivity index is 1.81. The number of nitrogens with zero attached hydrogens (tertiary/aromatic N) is 1. The molecule has 1 saturated heterocycles. The molecule has 2 heterocycles. The van der Waals surface area contributed by atoms with Gasteiger partial charge in [0.25, 0.3) is 5.91 Å². The summed E-state index contributed by atoms with van der Waals surface area (Å²) < 4.78 is 6.02. The summed E-state index contributed by atoms with van der Waals surface area (Å²) in [6, 6.07) is 3.21. The lowest BCUT2D eigenvalue weighted by atomic mass is 9.83. The molecule has 3 rings (SSSR count). The van der Waals surface area contributed by atoms with Crippen LogP contribution in [0.5, 0.6) is 0 Å². The summed E-state index contributed by atoms with van der Waals surface area (Å²) in [6.45, 7) is 0. The number of furan rings is 1. The number of rotatable bonds is 3. The summed E-state index contributed by atoms with van der Waals surface area (Å²) in [5.41, 5.74) is 5.16. The van der Waals surface area contributed by atoms with Gasteiger partial charge in [-0.1, -0.05) is 24.0 Å². The summed E-state index contributed by atoms with van der Waals surface area (Å²) in [5.74, 6) is -1.79. The van der Waals surface area contributed by atoms with Crippen LogP contribution in [0.4, 0.5) is 0 Å². The molecule has 0 bridgehead atoms. The van der Waals surface area contributed by atoms with E-state index < -0.39 is 23.4 Å². The van der Waals surface area contributed by atoms with Crippen LogP contribution in [0.25, 0.3) is 12.2 Å². The first-order valence-corrected chi connectivity index (χ1v) is 8.87. The topological polar surface area (TPSA) is 111 Å². The molecule has 2 fully saturated rings. The van der Waals surface area contributed by atoms with Gasteiger partial charge < -0.3 is 10.2 Å². The maximum atomic E-state index is 12.1. The molecule has 7 nitrogen and oxygen atoms in total. The number of thioether (sulfide) groups is 1. The molecular weight excluding hydrogens is 376 g/mol. The zero-order chi connectivity index (χ0) is 19.0. The number of allylic oxidation sites excluding steroid dienone is 1. The molecule has 26 heavy (non-hydrogen) atoms. The van der Waals surface area contributed by atoms with E-state index in [-0.39, 0.29) is 24.3 Å². The van der Waals surface area contributed by atoms with Crippen molar-refractivity contribution in [3.8, 4) is 0 Å². The molecule has 1 aliphatic heterocycles. The van der Waals surface area contributed by atoms with Crippen LogP contribution in [0.15, 0.2) is 27.0 Å². The number of Topliss-reactive ketones (excluding diaryl/α,β-unsaturated/α-hetero) is 2. The zero-order valence-corrected chi connectivity index (χ0v) is 15.3. The molecule has 1 aliphatic carbocycles. The van der Waals surface area contributed by atoms with E-state index in [2.05, 4.69) is 0 Å². The number of ketones is 2. The highest BCUT2D eigenvalue weighted by Crippen LogP contribution is 2.32. The summed E-state index contributed by atoms with van der Waals surface area (Å²) in [6.07, 6.45) is 2.74. The van der Waals surface area contributed by atoms with Crippen molar-refractivity contribution in [1.82, 2.24) is 4.90 Å². The average Bonchev–Trinajstić information content (AvgIpc) is 3.11. The summed E-state index contributed by atoms with van der Waals surface area (Å²) in [4.78, 5) is 49.2. The molecule has 134 valence electrons. The Kier molecular flexibility index (Phi) is 4.92. The number of carbonyl (C=O) groups is 4. The number of hydrogen-bond donors (Lipinski definition) is 1. The van der Waals surface area contributed by atoms with E-state index in [0.29, 0.717) is 20.7 Å². The predicted molar refractivity (Wildman–Crippen MR) is 99.6 cm³/mol. The lowest BCUT2D eigenvalue weighted by Gasteiger charge is -2.18. The van der Waals surface area contributed by atoms with Crippen LogP contribution in [-0.2, 0) is 19.2 Å². The highest BCUT2D eigenvalue weighted by atomic mass is 32.2. The van der Waals surface area contributed by atoms with Crippen molar-refractivity contribution in [2.75, 3.05) is 7.05 Å². The molecule has 2 amide bonds. The molecule has 0 unspecified atom stereocenters. The molecule has 1 aromatic heterocycles. The third-order valence-electron chi connectivity index (χ3n) is 4.06. The Bertz CT molecular complexity index is 892. The monoisotopic (exact) mass is 390 g/mol. The number of thiocarbonyl (C=S) groups is 1. The smallest absolute Gasteiger partial charge is 0.266 e. The Labute approximate surface area is 158 Å². The Morgan fingerprint density at radius 2 is 1.81 bits per heavy atom. The van der Waals surface area contributed by atoms with E-state index in [1.54, 1.807) is 25.3 Å². The highest BCUT2D eigenvalue weighted by Gasteiger charge is 2.33. The van der Waals surface area contributed by atoms with Crippen LogP contribution in [0, 0.1) is 5.92 Å². The van der Waals surface area contributed by atoms with Gasteiger partial charge in [0.05, 0.1) is 16.4 Å². The van der Waals surface area contributed by atoms with Crippen LogP contribution in [-0.4, -0.2) is 39.6 Å². The van der Waals surface area contributed by atoms with Gasteiger partial charge in [-0.25, -0.2) is 0 Å². The Hall–Kier alpha value is -2.52. The first-order chi connectivity index (χ1) is 12.3. The van der Waals surface area contributed by atoms with Crippen LogP contribution < -0.4 is 5.73 Å². The van der Waals surface area contributed by atoms with Gasteiger partial charge in [-0.05, 0) is 18.2 Å². The fraction of sp³-hybridized carbons (Fsp3) is 0.235. The molecule has 0 atom stereocenters. The predicted octanol–water partition coefficient (Wildman–Crippen LogP) is 1.53. The number of nitrogens with two attached hydrogens (primary N) is 1. The summed E-state index contributed by atoms with van der Waals surface area (Å²) in [7, 11) is 1.59. The number of primary amides is 1. The Morgan fingerprint density at radius 3 is 2.31 bits per heavy atom. The zero-order valence-electron chi connectivity index (χ0n) is 13.7. The van der Waals surface area contributed by atoms with Crippen LogP contribution in [0.1, 0.15) is 24.4 Å². The maximum absolute atomic E-state index is 12.1. The van der Waals surface area contributed by atoms with E-state index in [4.69, 9.17) is 22.4 Å². The van der Waals surface area contributed by atoms with E-state index in [9.17, 15) is 19.2 Å². The molecule has 1 aromatic rings. The highest BCUT2D eigenvalue weighted by molar-refractivity contribution is 8.26. The molecule has 9 heteroatoms. The normalized spacial score (nSPS) is 22.5. The second kappa shape index (κ2) is 7.00. The van der Waals surface area contributed by atoms with E-state index >= 15 is 0 Å². The van der Waals surface area contributed by atoms with Crippen molar-refractivity contribution in [3.63, 3.8) is 0 Å². The summed E-state index contributed by atoms with van der Waals surface area (Å²) in [5, 5.41) is 0. The van der Waals surface area contributed by atoms with Gasteiger partial charge in [-0.2, -0.15) is 0 Å². The minimum Gasteiger partial charge on any atom is -0.457 e. The standard InChI is InChI=1S/C17H14N2O5S2/c1-19-16(23)14(26-17(19)25)7-10-3-2-9(24-10)6-11-12(20)4-8(15(18)22)5-13(11)21/h2-3,6-8H,4-5H2,1H3,(H2,18,22)/b11-6?,14-7-. The molecule has 2 aliphatic rings. The molecule has 0 aromatic carbocycles. The largest absolute Gasteiger partial charge is 0.457 e. The molecule has 1 saturated carbocycles. The maximum Gasteiger partial charge on any atom is 0.266 e. The van der Waals surface area contributed by atoms with Crippen molar-refractivity contribution < 1.29 is 23.6 Å². The summed E-state index contributed by atoms with van der Waals surface area (Å²) >= 11 is 6.23. The van der Waals surface area contributed by atoms with Gasteiger partial charge in [0, 0.05) is 26.0 Å². The van der Waals surface area contributed by atoms with E-state index in [0.717, 1.165) is 0 Å². The lowest BCUT2D eigenvalue weighted by Crippen LogP contribution is -2.34. The van der Waals surface area contributed by atoms with Crippen molar-refractivity contribution in [1.29, 1.82) is 0 Å². The first kappa shape index (κ1) is 18.3. The third kappa shape index (κ3) is 3.54. The lowest BCUT2D eigenvalue weighted by molar-refractivity contribution is -0.132. The number of likely N-dealkylation sites (N-methyl/N-ethyl adjacent to an activating group) is 1. The van der Waals surface area contributed by atoms with Gasteiger partial charge in [0.2, 0.25) is 5.91 Å². The van der Waals surface area contributed by atoms with Crippen molar-refractivity contribution in [2.45, 2.75) is 12.8 Å². The number of amides is 2. The van der Waals surface area contributed by atoms with Gasteiger partial charge in [0.1, 0.15) is 15.8 Å². The quantitative estimate of drug-likeness (QED) is 0.473. The number of hydrogen-bond acceptors (Lipinski definition) is 7. The van der Waals surface area contributed by atoms with E-state index in [1.165, 1.54) is 22.7 Å². The molecule has 2 N–H and O–H groups in total. The van der Waals surface area contributed by atoms with E-state index in [1.807, 2.05) is 0 Å². The van der Waals surface area contributed by atoms with Gasteiger partial charge in [0.15, 0.2) is 11.6 Å². The first-order valence-electron chi connectivity index (χ1n) is 7.65. The minimum atomic E-state index is -0.754. The molecule has 0 spiro atoms. The fourth-order valence-corrected chi connectivity index (χ4v) is 3.76. The van der Waals surface area contributed by atoms with Crippen LogP contribution in [0.3, 0.4) is 0 Å². The number of carbonyl (C=O) groups excluding carboxylic acids is 4. The van der Waals surface area contributed by atoms with Gasteiger partial charge in [-0.3, -0.25) is 24.1 Å². The second-order valence-corrected chi connectivity index (χ2v) is 7.57. The van der Waals surface area contributed by atoms with Crippen molar-refractivity contribution in [2.24, 2.45) is 11.7 Å². The molecular formula is C17H14N2O5S2. The van der Waals surface area contributed by atoms with Crippen molar-refractivity contribution >= 4 is 63.8 Å².